The number of hydrogen-bond acceptors (Lipinski definition) is 4. The zero-order valence-electron chi connectivity index (χ0n) is 13.8. The van der Waals surface area contributed by atoms with Crippen molar-refractivity contribution >= 4 is 34.1 Å². The third kappa shape index (κ3) is 3.44. The van der Waals surface area contributed by atoms with Gasteiger partial charge in [0.05, 0.1) is 31.7 Å². The first-order chi connectivity index (χ1) is 11.5. The van der Waals surface area contributed by atoms with Crippen molar-refractivity contribution in [2.45, 2.75) is 26.2 Å². The fraction of sp³-hybridized carbons (Fsp3) is 0.562. The lowest BCUT2D eigenvalue weighted by molar-refractivity contribution is -0.895. The van der Waals surface area contributed by atoms with Gasteiger partial charge in [0.2, 0.25) is 5.91 Å². The van der Waals surface area contributed by atoms with Gasteiger partial charge in [-0.2, -0.15) is 0 Å². The highest BCUT2D eigenvalue weighted by Crippen LogP contribution is 2.38. The molecule has 0 unspecified atom stereocenters. The van der Waals surface area contributed by atoms with E-state index < -0.39 is 5.91 Å². The van der Waals surface area contributed by atoms with E-state index in [0.717, 1.165) is 42.8 Å². The van der Waals surface area contributed by atoms with Crippen LogP contribution in [0.25, 0.3) is 0 Å². The maximum atomic E-state index is 12.3. The number of quaternary nitrogens is 1. The van der Waals surface area contributed by atoms with Gasteiger partial charge in [0, 0.05) is 11.8 Å². The van der Waals surface area contributed by atoms with E-state index in [1.165, 1.54) is 16.2 Å². The summed E-state index contributed by atoms with van der Waals surface area (Å²) in [4.78, 5) is 39.5. The molecule has 2 aliphatic rings. The predicted octanol–water partition coefficient (Wildman–Crippen LogP) is -0.979. The molecule has 0 saturated carbocycles. The number of nitrogens with one attached hydrogen (secondary N) is 2. The minimum absolute atomic E-state index is 0.0812. The minimum atomic E-state index is -0.466. The Bertz CT molecular complexity index is 677. The van der Waals surface area contributed by atoms with Crippen molar-refractivity contribution in [1.82, 2.24) is 4.90 Å². The third-order valence-electron chi connectivity index (χ3n) is 4.75. The zero-order valence-corrected chi connectivity index (χ0v) is 14.6. The van der Waals surface area contributed by atoms with Crippen LogP contribution in [0.4, 0.5) is 5.00 Å². The first-order valence-electron chi connectivity index (χ1n) is 8.29. The fourth-order valence-electron chi connectivity index (χ4n) is 3.47. The molecule has 0 radical (unpaired) electrons. The van der Waals surface area contributed by atoms with E-state index in [1.54, 1.807) is 11.8 Å². The van der Waals surface area contributed by atoms with Crippen molar-refractivity contribution in [3.05, 3.63) is 16.0 Å². The van der Waals surface area contributed by atoms with Crippen LogP contribution in [0.3, 0.4) is 0 Å². The largest absolute Gasteiger partial charge is 0.365 e. The van der Waals surface area contributed by atoms with Gasteiger partial charge in [-0.1, -0.05) is 0 Å². The van der Waals surface area contributed by atoms with Crippen molar-refractivity contribution in [2.75, 3.05) is 38.0 Å². The number of anilines is 1. The topological polar surface area (TPSA) is 96.9 Å². The highest BCUT2D eigenvalue weighted by atomic mass is 32.1. The number of nitrogens with zero attached hydrogens (tertiary/aromatic N) is 1. The molecule has 130 valence electrons. The molecular formula is C16H23N4O3S+. The number of primary amides is 1. The second kappa shape index (κ2) is 6.90. The van der Waals surface area contributed by atoms with Gasteiger partial charge < -0.3 is 20.9 Å². The average molecular weight is 351 g/mol. The number of carbonyl (C=O) groups is 3. The molecule has 1 aliphatic heterocycles. The standard InChI is InChI=1S/C16H22N4O3S/c1-10(21)20-7-5-19(6-8-20)9-13(22)18-16-14(15(17)23)11-3-2-4-12(11)24-16/h2-9H2,1H3,(H2,17,23)(H,18,22)/p+1. The highest BCUT2D eigenvalue weighted by molar-refractivity contribution is 7.17. The summed E-state index contributed by atoms with van der Waals surface area (Å²) in [5.74, 6) is -0.492. The molecule has 2 heterocycles. The first-order valence-corrected chi connectivity index (χ1v) is 9.10. The fourth-order valence-corrected chi connectivity index (χ4v) is 4.78. The smallest absolute Gasteiger partial charge is 0.280 e. The van der Waals surface area contributed by atoms with Crippen LogP contribution in [0.15, 0.2) is 0 Å². The highest BCUT2D eigenvalue weighted by Gasteiger charge is 2.28. The van der Waals surface area contributed by atoms with E-state index in [-0.39, 0.29) is 11.8 Å². The molecule has 8 heteroatoms. The Hall–Kier alpha value is -1.93. The molecular weight excluding hydrogens is 328 g/mol. The molecule has 7 nitrogen and oxygen atoms in total. The Kier molecular flexibility index (Phi) is 4.86. The molecule has 3 rings (SSSR count). The Morgan fingerprint density at radius 2 is 1.96 bits per heavy atom. The summed E-state index contributed by atoms with van der Waals surface area (Å²) in [6, 6.07) is 0. The summed E-state index contributed by atoms with van der Waals surface area (Å²) in [5.41, 5.74) is 7.03. The predicted molar refractivity (Wildman–Crippen MR) is 91.3 cm³/mol. The summed E-state index contributed by atoms with van der Waals surface area (Å²) in [5, 5.41) is 3.48. The molecule has 24 heavy (non-hydrogen) atoms. The van der Waals surface area contributed by atoms with Gasteiger partial charge in [0.15, 0.2) is 6.54 Å². The number of amides is 3. The number of hydrogen-bond donors (Lipinski definition) is 3. The van der Waals surface area contributed by atoms with Gasteiger partial charge in [0.25, 0.3) is 11.8 Å². The Balaban J connectivity index is 1.60. The second-order valence-corrected chi connectivity index (χ2v) is 7.51. The molecule has 0 spiro atoms. The number of carbonyl (C=O) groups excluding carboxylic acids is 3. The second-order valence-electron chi connectivity index (χ2n) is 6.41. The number of nitrogens with two attached hydrogens (primary N) is 1. The number of fused-ring (bicyclic) bond motifs is 1. The van der Waals surface area contributed by atoms with Gasteiger partial charge in [0.1, 0.15) is 5.00 Å². The van der Waals surface area contributed by atoms with Crippen molar-refractivity contribution in [3.63, 3.8) is 0 Å². The van der Waals surface area contributed by atoms with Crippen LogP contribution >= 0.6 is 11.3 Å². The minimum Gasteiger partial charge on any atom is -0.365 e. The molecule has 0 atom stereocenters. The van der Waals surface area contributed by atoms with Gasteiger partial charge >= 0.3 is 0 Å². The number of thiophene rings is 1. The maximum absolute atomic E-state index is 12.3. The first kappa shape index (κ1) is 16.9. The van der Waals surface area contributed by atoms with Gasteiger partial charge in [-0.25, -0.2) is 0 Å². The Morgan fingerprint density at radius 1 is 1.25 bits per heavy atom. The number of rotatable bonds is 4. The molecule has 1 aromatic heterocycles. The third-order valence-corrected chi connectivity index (χ3v) is 5.95. The SMILES string of the molecule is CC(=O)N1CC[NH+](CC(=O)Nc2sc3c(c2C(N)=O)CCC3)CC1. The van der Waals surface area contributed by atoms with Crippen molar-refractivity contribution < 1.29 is 19.3 Å². The van der Waals surface area contributed by atoms with Crippen LogP contribution in [0.5, 0.6) is 0 Å². The monoisotopic (exact) mass is 351 g/mol. The molecule has 1 fully saturated rings. The van der Waals surface area contributed by atoms with Gasteiger partial charge in [-0.3, -0.25) is 14.4 Å². The van der Waals surface area contributed by atoms with E-state index in [1.807, 2.05) is 0 Å². The summed E-state index contributed by atoms with van der Waals surface area (Å²) in [6.07, 6.45) is 2.85. The lowest BCUT2D eigenvalue weighted by Crippen LogP contribution is -3.15. The van der Waals surface area contributed by atoms with Gasteiger partial charge in [-0.05, 0) is 24.8 Å². The van der Waals surface area contributed by atoms with Crippen LogP contribution in [-0.2, 0) is 22.4 Å². The normalized spacial score (nSPS) is 17.6. The molecule has 1 aliphatic carbocycles. The average Bonchev–Trinajstić information content (AvgIpc) is 3.07. The van der Waals surface area contributed by atoms with Crippen molar-refractivity contribution in [3.8, 4) is 0 Å². The number of piperazine rings is 1. The molecule has 0 aromatic carbocycles. The van der Waals surface area contributed by atoms with Crippen LogP contribution in [0, 0.1) is 0 Å². The van der Waals surface area contributed by atoms with E-state index in [2.05, 4.69) is 5.32 Å². The lowest BCUT2D eigenvalue weighted by Gasteiger charge is -2.31. The van der Waals surface area contributed by atoms with E-state index >= 15 is 0 Å². The van der Waals surface area contributed by atoms with Gasteiger partial charge in [-0.15, -0.1) is 11.3 Å². The van der Waals surface area contributed by atoms with Crippen molar-refractivity contribution in [1.29, 1.82) is 0 Å². The van der Waals surface area contributed by atoms with Crippen LogP contribution in [0.1, 0.15) is 34.1 Å². The molecule has 1 aromatic rings. The van der Waals surface area contributed by atoms with Crippen LogP contribution in [0.2, 0.25) is 0 Å². The maximum Gasteiger partial charge on any atom is 0.280 e. The quantitative estimate of drug-likeness (QED) is 0.651. The van der Waals surface area contributed by atoms with E-state index in [4.69, 9.17) is 5.73 Å². The van der Waals surface area contributed by atoms with Crippen LogP contribution < -0.4 is 16.0 Å². The summed E-state index contributed by atoms with van der Waals surface area (Å²) < 4.78 is 0. The van der Waals surface area contributed by atoms with E-state index in [9.17, 15) is 14.4 Å². The molecule has 1 saturated heterocycles. The Morgan fingerprint density at radius 3 is 2.58 bits per heavy atom. The molecule has 0 bridgehead atoms. The summed E-state index contributed by atoms with van der Waals surface area (Å²) in [6.45, 7) is 4.79. The zero-order chi connectivity index (χ0) is 17.3. The van der Waals surface area contributed by atoms with E-state index in [0.29, 0.717) is 30.2 Å². The molecule has 4 N–H and O–H groups in total. The number of aryl methyl sites for hydroxylation is 1. The van der Waals surface area contributed by atoms with Crippen LogP contribution in [-0.4, -0.2) is 55.3 Å². The Labute approximate surface area is 144 Å². The molecule has 3 amide bonds. The summed E-state index contributed by atoms with van der Waals surface area (Å²) >= 11 is 1.48. The van der Waals surface area contributed by atoms with Crippen molar-refractivity contribution in [2.24, 2.45) is 5.73 Å². The lowest BCUT2D eigenvalue weighted by atomic mass is 10.1. The summed E-state index contributed by atoms with van der Waals surface area (Å²) in [7, 11) is 0.